The molecule has 0 unspecified atom stereocenters. The molecule has 0 atom stereocenters. The average molecular weight is 242 g/mol. The number of aromatic nitrogens is 1. The Balaban J connectivity index is 2.28. The molecule has 1 aliphatic rings. The molecule has 0 fully saturated rings. The number of anilines is 1. The summed E-state index contributed by atoms with van der Waals surface area (Å²) in [5.41, 5.74) is 3.57. The minimum absolute atomic E-state index is 0.0911. The van der Waals surface area contributed by atoms with E-state index in [1.807, 2.05) is 6.07 Å². The third kappa shape index (κ3) is 1.62. The van der Waals surface area contributed by atoms with Gasteiger partial charge in [-0.05, 0) is 50.5 Å². The second-order valence-electron chi connectivity index (χ2n) is 5.66. The average Bonchev–Trinajstić information content (AvgIpc) is 2.60. The van der Waals surface area contributed by atoms with Gasteiger partial charge < -0.3 is 10.1 Å². The highest BCUT2D eigenvalue weighted by Gasteiger charge is 2.29. The predicted molar refractivity (Wildman–Crippen MR) is 74.4 cm³/mol. The van der Waals surface area contributed by atoms with Crippen LogP contribution in [0.1, 0.15) is 25.0 Å². The van der Waals surface area contributed by atoms with E-state index in [1.165, 1.54) is 16.5 Å². The Morgan fingerprint density at radius 1 is 1.33 bits per heavy atom. The highest BCUT2D eigenvalue weighted by atomic mass is 16.5. The molecule has 94 valence electrons. The molecule has 3 rings (SSSR count). The molecule has 0 radical (unpaired) electrons. The number of pyridine rings is 1. The lowest BCUT2D eigenvalue weighted by molar-refractivity contribution is 0.419. The van der Waals surface area contributed by atoms with E-state index in [-0.39, 0.29) is 5.54 Å². The lowest BCUT2D eigenvalue weighted by Gasteiger charge is -2.17. The van der Waals surface area contributed by atoms with Gasteiger partial charge in [0, 0.05) is 10.9 Å². The van der Waals surface area contributed by atoms with Crippen molar-refractivity contribution in [3.05, 3.63) is 29.3 Å². The van der Waals surface area contributed by atoms with Gasteiger partial charge in [-0.2, -0.15) is 0 Å². The van der Waals surface area contributed by atoms with E-state index in [9.17, 15) is 0 Å². The van der Waals surface area contributed by atoms with Gasteiger partial charge in [0.15, 0.2) is 0 Å². The van der Waals surface area contributed by atoms with Crippen LogP contribution in [-0.4, -0.2) is 17.6 Å². The van der Waals surface area contributed by atoms with Gasteiger partial charge >= 0.3 is 0 Å². The van der Waals surface area contributed by atoms with Crippen LogP contribution >= 0.6 is 0 Å². The van der Waals surface area contributed by atoms with Crippen molar-refractivity contribution in [2.45, 2.75) is 32.7 Å². The molecule has 0 bridgehead atoms. The minimum Gasteiger partial charge on any atom is -0.494 e. The van der Waals surface area contributed by atoms with Gasteiger partial charge in [-0.3, -0.25) is 0 Å². The molecular weight excluding hydrogens is 224 g/mol. The van der Waals surface area contributed by atoms with Crippen molar-refractivity contribution in [2.75, 3.05) is 12.4 Å². The number of hydrogen-bond donors (Lipinski definition) is 1. The van der Waals surface area contributed by atoms with E-state index in [0.29, 0.717) is 0 Å². The van der Waals surface area contributed by atoms with Gasteiger partial charge in [-0.1, -0.05) is 6.07 Å². The maximum atomic E-state index is 5.40. The summed E-state index contributed by atoms with van der Waals surface area (Å²) in [5, 5.41) is 4.66. The molecule has 1 aromatic carbocycles. The number of benzene rings is 1. The second kappa shape index (κ2) is 3.61. The van der Waals surface area contributed by atoms with Crippen LogP contribution in [0.3, 0.4) is 0 Å². The molecule has 0 amide bonds. The van der Waals surface area contributed by atoms with Gasteiger partial charge in [0.2, 0.25) is 0 Å². The molecule has 2 aromatic rings. The van der Waals surface area contributed by atoms with E-state index in [2.05, 4.69) is 38.2 Å². The Labute approximate surface area is 107 Å². The summed E-state index contributed by atoms with van der Waals surface area (Å²) in [6.07, 6.45) is 1.02. The van der Waals surface area contributed by atoms with E-state index >= 15 is 0 Å². The fourth-order valence-electron chi connectivity index (χ4n) is 2.66. The Morgan fingerprint density at radius 2 is 2.11 bits per heavy atom. The van der Waals surface area contributed by atoms with Crippen molar-refractivity contribution in [2.24, 2.45) is 0 Å². The van der Waals surface area contributed by atoms with Gasteiger partial charge in [0.25, 0.3) is 0 Å². The standard InChI is InChI=1S/C15H18N2O/c1-9-5-6-12(18-4)13-11(9)7-10-8-15(2,3)17-14(10)16-13/h5-7H,8H2,1-4H3,(H,16,17). The highest BCUT2D eigenvalue weighted by Crippen LogP contribution is 2.36. The van der Waals surface area contributed by atoms with Crippen LogP contribution in [0.2, 0.25) is 0 Å². The fourth-order valence-corrected chi connectivity index (χ4v) is 2.66. The Kier molecular flexibility index (Phi) is 2.27. The Morgan fingerprint density at radius 3 is 2.83 bits per heavy atom. The summed E-state index contributed by atoms with van der Waals surface area (Å²) >= 11 is 0. The van der Waals surface area contributed by atoms with Gasteiger partial charge in [-0.25, -0.2) is 4.98 Å². The quantitative estimate of drug-likeness (QED) is 0.833. The summed E-state index contributed by atoms with van der Waals surface area (Å²) in [6, 6.07) is 6.32. The van der Waals surface area contributed by atoms with Crippen LogP contribution < -0.4 is 10.1 Å². The topological polar surface area (TPSA) is 34.1 Å². The first-order chi connectivity index (χ1) is 8.50. The number of aryl methyl sites for hydroxylation is 1. The number of methoxy groups -OCH3 is 1. The fraction of sp³-hybridized carbons (Fsp3) is 0.400. The van der Waals surface area contributed by atoms with E-state index in [0.717, 1.165) is 23.5 Å². The molecule has 0 spiro atoms. The van der Waals surface area contributed by atoms with Crippen LogP contribution in [0, 0.1) is 6.92 Å². The lowest BCUT2D eigenvalue weighted by atomic mass is 9.99. The molecular formula is C15H18N2O. The molecule has 1 N–H and O–H groups in total. The zero-order valence-electron chi connectivity index (χ0n) is 11.3. The molecule has 3 nitrogen and oxygen atoms in total. The SMILES string of the molecule is COc1ccc(C)c2cc3c(nc12)NC(C)(C)C3. The van der Waals surface area contributed by atoms with Crippen molar-refractivity contribution >= 4 is 16.7 Å². The first-order valence-corrected chi connectivity index (χ1v) is 6.25. The third-order valence-electron chi connectivity index (χ3n) is 3.55. The number of ether oxygens (including phenoxy) is 1. The smallest absolute Gasteiger partial charge is 0.145 e. The first kappa shape index (κ1) is 11.3. The molecule has 3 heteroatoms. The normalized spacial score (nSPS) is 16.4. The summed E-state index contributed by atoms with van der Waals surface area (Å²) < 4.78 is 5.40. The second-order valence-corrected chi connectivity index (χ2v) is 5.66. The maximum absolute atomic E-state index is 5.40. The Hall–Kier alpha value is -1.77. The van der Waals surface area contributed by atoms with Crippen molar-refractivity contribution < 1.29 is 4.74 Å². The number of nitrogens with zero attached hydrogens (tertiary/aromatic N) is 1. The van der Waals surface area contributed by atoms with Crippen LogP contribution in [0.15, 0.2) is 18.2 Å². The van der Waals surface area contributed by atoms with Crippen molar-refractivity contribution in [3.8, 4) is 5.75 Å². The van der Waals surface area contributed by atoms with E-state index in [1.54, 1.807) is 7.11 Å². The van der Waals surface area contributed by atoms with Crippen LogP contribution in [-0.2, 0) is 6.42 Å². The minimum atomic E-state index is 0.0911. The maximum Gasteiger partial charge on any atom is 0.145 e. The van der Waals surface area contributed by atoms with Gasteiger partial charge in [0.1, 0.15) is 17.1 Å². The summed E-state index contributed by atoms with van der Waals surface area (Å²) in [5.74, 6) is 1.83. The zero-order chi connectivity index (χ0) is 12.9. The summed E-state index contributed by atoms with van der Waals surface area (Å²) in [7, 11) is 1.69. The molecule has 0 saturated heterocycles. The molecule has 2 heterocycles. The van der Waals surface area contributed by atoms with Crippen molar-refractivity contribution in [3.63, 3.8) is 0 Å². The molecule has 0 aliphatic carbocycles. The van der Waals surface area contributed by atoms with E-state index in [4.69, 9.17) is 9.72 Å². The molecule has 18 heavy (non-hydrogen) atoms. The molecule has 0 saturated carbocycles. The number of hydrogen-bond acceptors (Lipinski definition) is 3. The van der Waals surface area contributed by atoms with Gasteiger partial charge in [-0.15, -0.1) is 0 Å². The Bertz CT molecular complexity index is 632. The lowest BCUT2D eigenvalue weighted by Crippen LogP contribution is -2.27. The summed E-state index contributed by atoms with van der Waals surface area (Å²) in [4.78, 5) is 4.75. The monoisotopic (exact) mass is 242 g/mol. The number of rotatable bonds is 1. The van der Waals surface area contributed by atoms with Gasteiger partial charge in [0.05, 0.1) is 7.11 Å². The number of nitrogens with one attached hydrogen (secondary N) is 1. The molecule has 1 aromatic heterocycles. The molecule has 1 aliphatic heterocycles. The highest BCUT2D eigenvalue weighted by molar-refractivity contribution is 5.90. The van der Waals surface area contributed by atoms with Crippen molar-refractivity contribution in [1.82, 2.24) is 4.98 Å². The van der Waals surface area contributed by atoms with Crippen LogP contribution in [0.25, 0.3) is 10.9 Å². The predicted octanol–water partition coefficient (Wildman–Crippen LogP) is 3.30. The zero-order valence-corrected chi connectivity index (χ0v) is 11.3. The van der Waals surface area contributed by atoms with E-state index < -0.39 is 0 Å². The first-order valence-electron chi connectivity index (χ1n) is 6.25. The number of fused-ring (bicyclic) bond motifs is 2. The van der Waals surface area contributed by atoms with Crippen LogP contribution in [0.4, 0.5) is 5.82 Å². The largest absolute Gasteiger partial charge is 0.494 e. The van der Waals surface area contributed by atoms with Crippen LogP contribution in [0.5, 0.6) is 5.75 Å². The third-order valence-corrected chi connectivity index (χ3v) is 3.55. The van der Waals surface area contributed by atoms with Crippen molar-refractivity contribution in [1.29, 1.82) is 0 Å². The summed E-state index contributed by atoms with van der Waals surface area (Å²) in [6.45, 7) is 6.51.